The zero-order valence-corrected chi connectivity index (χ0v) is 12.0. The van der Waals surface area contributed by atoms with Gasteiger partial charge in [-0.3, -0.25) is 4.79 Å². The average molecular weight is 278 g/mol. The fourth-order valence-corrected chi connectivity index (χ4v) is 2.72. The molecule has 2 N–H and O–H groups in total. The Morgan fingerprint density at radius 1 is 1.35 bits per heavy atom. The first kappa shape index (κ1) is 14.7. The number of carbonyl (C=O) groups is 1. The van der Waals surface area contributed by atoms with Gasteiger partial charge in [0.05, 0.1) is 5.56 Å². The van der Waals surface area contributed by atoms with Crippen molar-refractivity contribution in [1.29, 1.82) is 0 Å². The minimum atomic E-state index is -0.164. The van der Waals surface area contributed by atoms with E-state index in [1.165, 1.54) is 18.2 Å². The van der Waals surface area contributed by atoms with E-state index < -0.39 is 0 Å². The number of phenols is 2. The number of carbonyl (C=O) groups excluding carboxylic acids is 1. The molecule has 1 aliphatic heterocycles. The number of hydrogen-bond acceptors (Lipinski definition) is 4. The summed E-state index contributed by atoms with van der Waals surface area (Å²) in [6.07, 6.45) is 1.81. The number of benzene rings is 1. The summed E-state index contributed by atoms with van der Waals surface area (Å²) in [5.74, 6) is -0.367. The van der Waals surface area contributed by atoms with Gasteiger partial charge in [0.1, 0.15) is 11.5 Å². The largest absolute Gasteiger partial charge is 0.508 e. The van der Waals surface area contributed by atoms with Crippen molar-refractivity contribution in [2.75, 3.05) is 26.7 Å². The van der Waals surface area contributed by atoms with Crippen LogP contribution >= 0.6 is 0 Å². The second-order valence-corrected chi connectivity index (χ2v) is 5.38. The van der Waals surface area contributed by atoms with Crippen LogP contribution < -0.4 is 0 Å². The standard InChI is InChI=1S/C15H22N2O3/c1-3-11-10-16(2)7-4-8-17(11)15(20)13-6-5-12(18)9-14(13)19/h5-6,9,11,18-19H,3-4,7-8,10H2,1-2H3. The first-order valence-corrected chi connectivity index (χ1v) is 7.04. The molecule has 0 spiro atoms. The Kier molecular flexibility index (Phi) is 4.49. The van der Waals surface area contributed by atoms with Crippen LogP contribution in [0, 0.1) is 0 Å². The Labute approximate surface area is 119 Å². The highest BCUT2D eigenvalue weighted by Crippen LogP contribution is 2.25. The molecule has 1 atom stereocenters. The SMILES string of the molecule is CCC1CN(C)CCCN1C(=O)c1ccc(O)cc1O. The molecule has 1 fully saturated rings. The van der Waals surface area contributed by atoms with E-state index in [1.807, 2.05) is 4.90 Å². The third-order valence-electron chi connectivity index (χ3n) is 3.85. The molecule has 1 saturated heterocycles. The fourth-order valence-electron chi connectivity index (χ4n) is 2.72. The molecular formula is C15H22N2O3. The maximum Gasteiger partial charge on any atom is 0.257 e. The number of nitrogens with zero attached hydrogens (tertiary/aromatic N) is 2. The lowest BCUT2D eigenvalue weighted by molar-refractivity contribution is 0.0672. The Balaban J connectivity index is 2.25. The van der Waals surface area contributed by atoms with Crippen LogP contribution in [0.2, 0.25) is 0 Å². The molecule has 1 aromatic carbocycles. The molecule has 5 nitrogen and oxygen atoms in total. The Morgan fingerprint density at radius 3 is 2.75 bits per heavy atom. The van der Waals surface area contributed by atoms with Crippen LogP contribution in [0.3, 0.4) is 0 Å². The first-order chi connectivity index (χ1) is 9.52. The number of phenolic OH excluding ortho intramolecular Hbond substituents is 2. The van der Waals surface area contributed by atoms with E-state index in [-0.39, 0.29) is 29.0 Å². The van der Waals surface area contributed by atoms with Crippen molar-refractivity contribution < 1.29 is 15.0 Å². The number of rotatable bonds is 2. The van der Waals surface area contributed by atoms with Gasteiger partial charge in [0, 0.05) is 25.2 Å². The summed E-state index contributed by atoms with van der Waals surface area (Å²) in [7, 11) is 2.06. The number of amides is 1. The van der Waals surface area contributed by atoms with Gasteiger partial charge in [0.2, 0.25) is 0 Å². The van der Waals surface area contributed by atoms with E-state index in [9.17, 15) is 15.0 Å². The lowest BCUT2D eigenvalue weighted by Gasteiger charge is -2.30. The van der Waals surface area contributed by atoms with E-state index in [0.29, 0.717) is 6.54 Å². The first-order valence-electron chi connectivity index (χ1n) is 7.04. The van der Waals surface area contributed by atoms with Gasteiger partial charge < -0.3 is 20.0 Å². The quantitative estimate of drug-likeness (QED) is 0.863. The third kappa shape index (κ3) is 3.04. The van der Waals surface area contributed by atoms with Crippen LogP contribution in [0.4, 0.5) is 0 Å². The smallest absolute Gasteiger partial charge is 0.257 e. The molecule has 20 heavy (non-hydrogen) atoms. The Bertz CT molecular complexity index is 490. The van der Waals surface area contributed by atoms with Crippen molar-refractivity contribution in [2.24, 2.45) is 0 Å². The van der Waals surface area contributed by atoms with Crippen LogP contribution in [0.25, 0.3) is 0 Å². The Hall–Kier alpha value is -1.75. The van der Waals surface area contributed by atoms with E-state index in [2.05, 4.69) is 18.9 Å². The molecule has 0 saturated carbocycles. The van der Waals surface area contributed by atoms with E-state index >= 15 is 0 Å². The summed E-state index contributed by atoms with van der Waals surface area (Å²) in [4.78, 5) is 16.7. The minimum Gasteiger partial charge on any atom is -0.508 e. The van der Waals surface area contributed by atoms with Gasteiger partial charge in [0.15, 0.2) is 0 Å². The molecule has 0 radical (unpaired) electrons. The second-order valence-electron chi connectivity index (χ2n) is 5.38. The number of hydrogen-bond donors (Lipinski definition) is 2. The van der Waals surface area contributed by atoms with Gasteiger partial charge in [-0.1, -0.05) is 6.92 Å². The van der Waals surface area contributed by atoms with Crippen molar-refractivity contribution in [1.82, 2.24) is 9.80 Å². The van der Waals surface area contributed by atoms with Crippen LogP contribution in [-0.2, 0) is 0 Å². The van der Waals surface area contributed by atoms with Gasteiger partial charge in [-0.2, -0.15) is 0 Å². The summed E-state index contributed by atoms with van der Waals surface area (Å²) in [5, 5.41) is 19.2. The normalized spacial score (nSPS) is 20.7. The highest BCUT2D eigenvalue weighted by Gasteiger charge is 2.28. The highest BCUT2D eigenvalue weighted by molar-refractivity contribution is 5.97. The molecule has 1 heterocycles. The molecule has 5 heteroatoms. The lowest BCUT2D eigenvalue weighted by Crippen LogP contribution is -2.43. The van der Waals surface area contributed by atoms with Crippen LogP contribution in [0.1, 0.15) is 30.1 Å². The van der Waals surface area contributed by atoms with Crippen molar-refractivity contribution in [2.45, 2.75) is 25.8 Å². The molecule has 1 aliphatic rings. The molecule has 1 unspecified atom stereocenters. The van der Waals surface area contributed by atoms with Crippen LogP contribution in [0.5, 0.6) is 11.5 Å². The molecule has 0 aromatic heterocycles. The van der Waals surface area contributed by atoms with Crippen molar-refractivity contribution in [3.63, 3.8) is 0 Å². The fraction of sp³-hybridized carbons (Fsp3) is 0.533. The summed E-state index contributed by atoms with van der Waals surface area (Å²) < 4.78 is 0. The van der Waals surface area contributed by atoms with Crippen molar-refractivity contribution in [3.8, 4) is 11.5 Å². The van der Waals surface area contributed by atoms with E-state index in [1.54, 1.807) is 0 Å². The molecule has 2 rings (SSSR count). The minimum absolute atomic E-state index is 0.0401. The van der Waals surface area contributed by atoms with Crippen molar-refractivity contribution >= 4 is 5.91 Å². The van der Waals surface area contributed by atoms with E-state index in [0.717, 1.165) is 25.9 Å². The van der Waals surface area contributed by atoms with Gasteiger partial charge in [-0.15, -0.1) is 0 Å². The maximum absolute atomic E-state index is 12.6. The van der Waals surface area contributed by atoms with Gasteiger partial charge in [0.25, 0.3) is 5.91 Å². The van der Waals surface area contributed by atoms with Gasteiger partial charge in [-0.05, 0) is 38.6 Å². The average Bonchev–Trinajstić information content (AvgIpc) is 2.59. The summed E-state index contributed by atoms with van der Waals surface area (Å²) in [6, 6.07) is 4.27. The molecule has 1 amide bonds. The predicted octanol–water partition coefficient (Wildman–Crippen LogP) is 1.65. The zero-order valence-electron chi connectivity index (χ0n) is 12.0. The highest BCUT2D eigenvalue weighted by atomic mass is 16.3. The molecule has 0 bridgehead atoms. The lowest BCUT2D eigenvalue weighted by atomic mass is 10.1. The van der Waals surface area contributed by atoms with Gasteiger partial charge in [-0.25, -0.2) is 0 Å². The molecule has 1 aromatic rings. The topological polar surface area (TPSA) is 64.0 Å². The molecule has 0 aliphatic carbocycles. The van der Waals surface area contributed by atoms with Gasteiger partial charge >= 0.3 is 0 Å². The van der Waals surface area contributed by atoms with Crippen molar-refractivity contribution in [3.05, 3.63) is 23.8 Å². The van der Waals surface area contributed by atoms with Crippen LogP contribution in [0.15, 0.2) is 18.2 Å². The second kappa shape index (κ2) is 6.13. The predicted molar refractivity (Wildman–Crippen MR) is 77.0 cm³/mol. The maximum atomic E-state index is 12.6. The Morgan fingerprint density at radius 2 is 2.10 bits per heavy atom. The third-order valence-corrected chi connectivity index (χ3v) is 3.85. The van der Waals surface area contributed by atoms with Crippen LogP contribution in [-0.4, -0.2) is 58.6 Å². The summed E-state index contributed by atoms with van der Waals surface area (Å²) in [5.41, 5.74) is 0.255. The monoisotopic (exact) mass is 278 g/mol. The summed E-state index contributed by atoms with van der Waals surface area (Å²) >= 11 is 0. The number of aromatic hydroxyl groups is 2. The molecule has 110 valence electrons. The zero-order chi connectivity index (χ0) is 14.7. The summed E-state index contributed by atoms with van der Waals surface area (Å²) in [6.45, 7) is 4.59. The molecular weight excluding hydrogens is 256 g/mol. The van der Waals surface area contributed by atoms with E-state index in [4.69, 9.17) is 0 Å². The number of likely N-dealkylation sites (N-methyl/N-ethyl adjacent to an activating group) is 1.